The molecule has 2 aromatic carbocycles. The number of nitrogens with zero attached hydrogens (tertiary/aromatic N) is 2. The van der Waals surface area contributed by atoms with Gasteiger partial charge in [0.1, 0.15) is 0 Å². The molecule has 0 spiro atoms. The van der Waals surface area contributed by atoms with Crippen molar-refractivity contribution in [3.63, 3.8) is 0 Å². The fourth-order valence-electron chi connectivity index (χ4n) is 2.97. The first-order chi connectivity index (χ1) is 12.6. The minimum absolute atomic E-state index is 0.107. The third kappa shape index (κ3) is 4.18. The number of aryl methyl sites for hydroxylation is 2. The summed E-state index contributed by atoms with van der Waals surface area (Å²) in [5.74, 6) is -0.195. The van der Waals surface area contributed by atoms with E-state index in [2.05, 4.69) is 10.4 Å². The lowest BCUT2D eigenvalue weighted by molar-refractivity contribution is 0.0916. The van der Waals surface area contributed by atoms with Gasteiger partial charge >= 0.3 is 0 Å². The molecule has 1 amide bonds. The van der Waals surface area contributed by atoms with E-state index in [-0.39, 0.29) is 18.6 Å². The van der Waals surface area contributed by atoms with Crippen LogP contribution in [0.15, 0.2) is 60.7 Å². The molecule has 1 heterocycles. The van der Waals surface area contributed by atoms with Gasteiger partial charge in [0.2, 0.25) is 0 Å². The zero-order valence-corrected chi connectivity index (χ0v) is 15.0. The van der Waals surface area contributed by atoms with E-state index in [1.807, 2.05) is 67.1 Å². The van der Waals surface area contributed by atoms with Crippen molar-refractivity contribution < 1.29 is 9.90 Å². The van der Waals surface area contributed by atoms with Gasteiger partial charge in [-0.15, -0.1) is 0 Å². The number of aromatic nitrogens is 2. The number of benzene rings is 2. The van der Waals surface area contributed by atoms with E-state index in [0.717, 1.165) is 22.6 Å². The van der Waals surface area contributed by atoms with Crippen molar-refractivity contribution in [2.75, 3.05) is 6.61 Å². The van der Waals surface area contributed by atoms with Crippen molar-refractivity contribution >= 4 is 5.91 Å². The average molecular weight is 349 g/mol. The summed E-state index contributed by atoms with van der Waals surface area (Å²) in [5, 5.41) is 16.9. The number of carbonyl (C=O) groups excluding carboxylic acids is 1. The largest absolute Gasteiger partial charge is 0.394 e. The summed E-state index contributed by atoms with van der Waals surface area (Å²) in [6, 6.07) is 18.8. The number of nitrogens with one attached hydrogen (secondary N) is 1. The SMILES string of the molecule is Cc1cc(C)n(-c2ccc(C(=O)N[C@H](CO)Cc3ccccc3)cc2)n1. The Morgan fingerprint density at radius 3 is 2.38 bits per heavy atom. The normalized spacial score (nSPS) is 12.0. The third-order valence-corrected chi connectivity index (χ3v) is 4.26. The van der Waals surface area contributed by atoms with E-state index in [1.54, 1.807) is 12.1 Å². The summed E-state index contributed by atoms with van der Waals surface area (Å²) in [6.45, 7) is 3.84. The maximum absolute atomic E-state index is 12.5. The van der Waals surface area contributed by atoms with Crippen molar-refractivity contribution in [2.45, 2.75) is 26.3 Å². The number of hydrogen-bond donors (Lipinski definition) is 2. The van der Waals surface area contributed by atoms with Crippen LogP contribution in [0, 0.1) is 13.8 Å². The van der Waals surface area contributed by atoms with Gasteiger partial charge in [0.25, 0.3) is 5.91 Å². The van der Waals surface area contributed by atoms with Crippen molar-refractivity contribution in [2.24, 2.45) is 0 Å². The molecular weight excluding hydrogens is 326 g/mol. The van der Waals surface area contributed by atoms with Crippen LogP contribution in [0.2, 0.25) is 0 Å². The third-order valence-electron chi connectivity index (χ3n) is 4.26. The zero-order chi connectivity index (χ0) is 18.5. The molecule has 0 aliphatic rings. The summed E-state index contributed by atoms with van der Waals surface area (Å²) in [4.78, 5) is 12.5. The molecule has 3 rings (SSSR count). The molecule has 0 unspecified atom stereocenters. The lowest BCUT2D eigenvalue weighted by atomic mass is 10.1. The number of aliphatic hydroxyl groups is 1. The molecule has 0 saturated heterocycles. The van der Waals surface area contributed by atoms with Crippen LogP contribution in [0.5, 0.6) is 0 Å². The minimum Gasteiger partial charge on any atom is -0.394 e. The maximum atomic E-state index is 12.5. The molecule has 0 bridgehead atoms. The van der Waals surface area contributed by atoms with Crippen LogP contribution < -0.4 is 5.32 Å². The van der Waals surface area contributed by atoms with E-state index in [1.165, 1.54) is 0 Å². The van der Waals surface area contributed by atoms with Crippen LogP contribution in [0.25, 0.3) is 5.69 Å². The Labute approximate surface area is 153 Å². The fourth-order valence-corrected chi connectivity index (χ4v) is 2.97. The second-order valence-corrected chi connectivity index (χ2v) is 6.43. The fraction of sp³-hybridized carbons (Fsp3) is 0.238. The highest BCUT2D eigenvalue weighted by atomic mass is 16.3. The first kappa shape index (κ1) is 17.9. The first-order valence-corrected chi connectivity index (χ1v) is 8.66. The van der Waals surface area contributed by atoms with Crippen molar-refractivity contribution in [3.8, 4) is 5.69 Å². The Morgan fingerprint density at radius 2 is 1.81 bits per heavy atom. The lowest BCUT2D eigenvalue weighted by Crippen LogP contribution is -2.39. The number of aliphatic hydroxyl groups excluding tert-OH is 1. The highest BCUT2D eigenvalue weighted by molar-refractivity contribution is 5.94. The van der Waals surface area contributed by atoms with Crippen LogP contribution in [0.1, 0.15) is 27.3 Å². The number of carbonyl (C=O) groups is 1. The highest BCUT2D eigenvalue weighted by Crippen LogP contribution is 2.13. The molecule has 2 N–H and O–H groups in total. The molecule has 134 valence electrons. The molecule has 5 heteroatoms. The Kier molecular flexibility index (Phi) is 5.49. The van der Waals surface area contributed by atoms with Gasteiger partial charge in [-0.2, -0.15) is 5.10 Å². The number of amides is 1. The molecule has 0 radical (unpaired) electrons. The van der Waals surface area contributed by atoms with Crippen molar-refractivity contribution in [3.05, 3.63) is 83.2 Å². The van der Waals surface area contributed by atoms with Gasteiger partial charge in [-0.3, -0.25) is 4.79 Å². The van der Waals surface area contributed by atoms with Crippen LogP contribution in [-0.2, 0) is 6.42 Å². The van der Waals surface area contributed by atoms with Crippen molar-refractivity contribution in [1.29, 1.82) is 0 Å². The van der Waals surface area contributed by atoms with Gasteiger partial charge in [-0.05, 0) is 56.2 Å². The Morgan fingerprint density at radius 1 is 1.12 bits per heavy atom. The summed E-state index contributed by atoms with van der Waals surface area (Å²) in [6.07, 6.45) is 0.590. The standard InChI is InChI=1S/C21H23N3O2/c1-15-12-16(2)24(23-15)20-10-8-18(9-11-20)21(26)22-19(14-25)13-17-6-4-3-5-7-17/h3-12,19,25H,13-14H2,1-2H3,(H,22,26)/t19-/m0/s1. The average Bonchev–Trinajstić information content (AvgIpc) is 3.00. The summed E-state index contributed by atoms with van der Waals surface area (Å²) in [7, 11) is 0. The molecule has 0 aliphatic carbocycles. The van der Waals surface area contributed by atoms with Crippen LogP contribution in [-0.4, -0.2) is 33.4 Å². The van der Waals surface area contributed by atoms with Crippen LogP contribution in [0.3, 0.4) is 0 Å². The van der Waals surface area contributed by atoms with Gasteiger partial charge in [-0.25, -0.2) is 4.68 Å². The van der Waals surface area contributed by atoms with Crippen LogP contribution in [0.4, 0.5) is 0 Å². The molecular formula is C21H23N3O2. The summed E-state index contributed by atoms with van der Waals surface area (Å²) >= 11 is 0. The number of rotatable bonds is 6. The molecule has 5 nitrogen and oxygen atoms in total. The minimum atomic E-state index is -0.319. The van der Waals surface area contributed by atoms with Crippen LogP contribution >= 0.6 is 0 Å². The Bertz CT molecular complexity index is 870. The smallest absolute Gasteiger partial charge is 0.251 e. The van der Waals surface area contributed by atoms with Gasteiger partial charge in [-0.1, -0.05) is 30.3 Å². The second kappa shape index (κ2) is 7.97. The Hall–Kier alpha value is -2.92. The maximum Gasteiger partial charge on any atom is 0.251 e. The molecule has 0 aliphatic heterocycles. The van der Waals surface area contributed by atoms with E-state index >= 15 is 0 Å². The molecule has 3 aromatic rings. The number of hydrogen-bond acceptors (Lipinski definition) is 3. The predicted octanol–water partition coefficient (Wildman–Crippen LogP) is 2.82. The quantitative estimate of drug-likeness (QED) is 0.719. The van der Waals surface area contributed by atoms with Gasteiger partial charge in [0.15, 0.2) is 0 Å². The Balaban J connectivity index is 1.68. The van der Waals surface area contributed by atoms with E-state index < -0.39 is 0 Å². The van der Waals surface area contributed by atoms with Gasteiger partial charge in [0, 0.05) is 11.3 Å². The second-order valence-electron chi connectivity index (χ2n) is 6.43. The first-order valence-electron chi connectivity index (χ1n) is 8.66. The highest BCUT2D eigenvalue weighted by Gasteiger charge is 2.14. The monoisotopic (exact) mass is 349 g/mol. The van der Waals surface area contributed by atoms with Gasteiger partial charge in [0.05, 0.1) is 24.0 Å². The zero-order valence-electron chi connectivity index (χ0n) is 15.0. The molecule has 26 heavy (non-hydrogen) atoms. The van der Waals surface area contributed by atoms with Crippen molar-refractivity contribution in [1.82, 2.24) is 15.1 Å². The van der Waals surface area contributed by atoms with E-state index in [0.29, 0.717) is 12.0 Å². The van der Waals surface area contributed by atoms with E-state index in [9.17, 15) is 9.90 Å². The summed E-state index contributed by atoms with van der Waals surface area (Å²) in [5.41, 5.74) is 4.54. The van der Waals surface area contributed by atoms with Gasteiger partial charge < -0.3 is 10.4 Å². The predicted molar refractivity (Wildman–Crippen MR) is 102 cm³/mol. The van der Waals surface area contributed by atoms with E-state index in [4.69, 9.17) is 0 Å². The summed E-state index contributed by atoms with van der Waals surface area (Å²) < 4.78 is 1.85. The lowest BCUT2D eigenvalue weighted by Gasteiger charge is -2.16. The molecule has 1 aromatic heterocycles. The molecule has 0 fully saturated rings. The topological polar surface area (TPSA) is 67.2 Å². The molecule has 0 saturated carbocycles. The molecule has 1 atom stereocenters.